The van der Waals surface area contributed by atoms with E-state index in [9.17, 15) is 4.79 Å². The van der Waals surface area contributed by atoms with Gasteiger partial charge in [0.25, 0.3) is 0 Å². The molecule has 0 saturated heterocycles. The zero-order valence-corrected chi connectivity index (χ0v) is 17.3. The molecule has 29 heavy (non-hydrogen) atoms. The van der Waals surface area contributed by atoms with Crippen LogP contribution in [0.1, 0.15) is 20.8 Å². The van der Waals surface area contributed by atoms with Crippen molar-refractivity contribution >= 4 is 23.3 Å². The van der Waals surface area contributed by atoms with Crippen molar-refractivity contribution in [2.45, 2.75) is 33.4 Å². The number of imidazole rings is 1. The molecule has 8 heteroatoms. The van der Waals surface area contributed by atoms with Crippen LogP contribution in [0.15, 0.2) is 61.3 Å². The second kappa shape index (κ2) is 8.96. The van der Waals surface area contributed by atoms with Gasteiger partial charge < -0.3 is 19.9 Å². The lowest BCUT2D eigenvalue weighted by molar-refractivity contribution is 0.218. The predicted molar refractivity (Wildman–Crippen MR) is 113 cm³/mol. The molecule has 2 heterocycles. The van der Waals surface area contributed by atoms with Crippen molar-refractivity contribution in [3.05, 3.63) is 66.3 Å². The summed E-state index contributed by atoms with van der Waals surface area (Å²) in [6, 6.07) is 10.1. The number of nitrogens with one attached hydrogen (secondary N) is 2. The summed E-state index contributed by atoms with van der Waals surface area (Å²) in [7, 11) is 0. The van der Waals surface area contributed by atoms with Crippen molar-refractivity contribution in [2.75, 3.05) is 5.32 Å². The van der Waals surface area contributed by atoms with Crippen LogP contribution in [0, 0.1) is 5.41 Å². The molecule has 0 radical (unpaired) electrons. The standard InChI is InChI=1S/C21H24ClN5O2/c1-21(2,3)18(13-27-11-10-23-14-27)26-20(28)25-16-5-7-17(8-6-16)29-19-9-4-15(22)12-24-19/h4-12,14,18H,13H2,1-3H3,(H2,25,26,28). The Morgan fingerprint density at radius 2 is 1.97 bits per heavy atom. The molecule has 3 aromatic rings. The molecule has 2 aromatic heterocycles. The highest BCUT2D eigenvalue weighted by Crippen LogP contribution is 2.23. The van der Waals surface area contributed by atoms with Gasteiger partial charge in [-0.3, -0.25) is 0 Å². The Labute approximate surface area is 175 Å². The second-order valence-electron chi connectivity index (χ2n) is 7.72. The molecule has 7 nitrogen and oxygen atoms in total. The highest BCUT2D eigenvalue weighted by atomic mass is 35.5. The van der Waals surface area contributed by atoms with Gasteiger partial charge in [0.05, 0.1) is 17.4 Å². The van der Waals surface area contributed by atoms with E-state index in [1.807, 2.05) is 10.8 Å². The van der Waals surface area contributed by atoms with Crippen molar-refractivity contribution in [1.82, 2.24) is 19.9 Å². The summed E-state index contributed by atoms with van der Waals surface area (Å²) in [5.74, 6) is 1.05. The number of carbonyl (C=O) groups excluding carboxylic acids is 1. The zero-order chi connectivity index (χ0) is 20.9. The molecule has 0 aliphatic carbocycles. The number of rotatable bonds is 6. The third-order valence-electron chi connectivity index (χ3n) is 4.34. The summed E-state index contributed by atoms with van der Waals surface area (Å²) < 4.78 is 7.61. The summed E-state index contributed by atoms with van der Waals surface area (Å²) >= 11 is 5.82. The summed E-state index contributed by atoms with van der Waals surface area (Å²) in [6.45, 7) is 6.90. The Kier molecular flexibility index (Phi) is 6.39. The largest absolute Gasteiger partial charge is 0.439 e. The second-order valence-corrected chi connectivity index (χ2v) is 8.15. The van der Waals surface area contributed by atoms with Gasteiger partial charge in [-0.1, -0.05) is 32.4 Å². The van der Waals surface area contributed by atoms with Crippen LogP contribution in [0.4, 0.5) is 10.5 Å². The Bertz CT molecular complexity index is 919. The van der Waals surface area contributed by atoms with Crippen molar-refractivity contribution in [3.8, 4) is 11.6 Å². The van der Waals surface area contributed by atoms with Crippen LogP contribution in [0.25, 0.3) is 0 Å². The first-order valence-corrected chi connectivity index (χ1v) is 9.60. The van der Waals surface area contributed by atoms with Gasteiger partial charge in [0.1, 0.15) is 5.75 Å². The normalized spacial score (nSPS) is 12.3. The average Bonchev–Trinajstić information content (AvgIpc) is 3.17. The maximum atomic E-state index is 12.5. The average molecular weight is 414 g/mol. The van der Waals surface area contributed by atoms with Crippen LogP contribution >= 0.6 is 11.6 Å². The zero-order valence-electron chi connectivity index (χ0n) is 16.6. The maximum Gasteiger partial charge on any atom is 0.319 e. The van der Waals surface area contributed by atoms with E-state index in [0.717, 1.165) is 0 Å². The van der Waals surface area contributed by atoms with Gasteiger partial charge in [0, 0.05) is 36.9 Å². The lowest BCUT2D eigenvalue weighted by atomic mass is 9.86. The molecular weight excluding hydrogens is 390 g/mol. The summed E-state index contributed by atoms with van der Waals surface area (Å²) in [4.78, 5) is 20.7. The van der Waals surface area contributed by atoms with E-state index in [1.54, 1.807) is 48.9 Å². The number of hydrogen-bond donors (Lipinski definition) is 2. The number of ether oxygens (including phenoxy) is 1. The topological polar surface area (TPSA) is 81.1 Å². The minimum absolute atomic E-state index is 0.0738. The number of pyridine rings is 1. The predicted octanol–water partition coefficient (Wildman–Crippen LogP) is 4.96. The molecule has 1 unspecified atom stereocenters. The Balaban J connectivity index is 1.58. The van der Waals surface area contributed by atoms with Gasteiger partial charge in [-0.2, -0.15) is 0 Å². The van der Waals surface area contributed by atoms with Crippen LogP contribution in [0.2, 0.25) is 5.02 Å². The first-order chi connectivity index (χ1) is 13.8. The fraction of sp³-hybridized carbons (Fsp3) is 0.286. The van der Waals surface area contributed by atoms with E-state index in [1.165, 1.54) is 6.20 Å². The molecule has 1 aromatic carbocycles. The van der Waals surface area contributed by atoms with Gasteiger partial charge in [-0.05, 0) is 35.7 Å². The molecule has 2 amide bonds. The molecule has 2 N–H and O–H groups in total. The van der Waals surface area contributed by atoms with Crippen molar-refractivity contribution in [3.63, 3.8) is 0 Å². The quantitative estimate of drug-likeness (QED) is 0.598. The molecular formula is C21H24ClN5O2. The number of urea groups is 1. The van der Waals surface area contributed by atoms with E-state index < -0.39 is 0 Å². The van der Waals surface area contributed by atoms with Gasteiger partial charge in [-0.15, -0.1) is 0 Å². The lowest BCUT2D eigenvalue weighted by Crippen LogP contribution is -2.47. The number of benzene rings is 1. The van der Waals surface area contributed by atoms with Crippen molar-refractivity contribution in [2.24, 2.45) is 5.41 Å². The molecule has 0 spiro atoms. The minimum atomic E-state index is -0.266. The van der Waals surface area contributed by atoms with Gasteiger partial charge in [0.15, 0.2) is 0 Å². The first kappa shape index (κ1) is 20.7. The minimum Gasteiger partial charge on any atom is -0.439 e. The van der Waals surface area contributed by atoms with Gasteiger partial charge in [0.2, 0.25) is 5.88 Å². The van der Waals surface area contributed by atoms with E-state index in [4.69, 9.17) is 16.3 Å². The number of halogens is 1. The molecule has 0 bridgehead atoms. The molecule has 1 atom stereocenters. The summed E-state index contributed by atoms with van der Waals surface area (Å²) in [5.41, 5.74) is 0.541. The van der Waals surface area contributed by atoms with E-state index in [0.29, 0.717) is 28.9 Å². The van der Waals surface area contributed by atoms with E-state index in [-0.39, 0.29) is 17.5 Å². The maximum absolute atomic E-state index is 12.5. The Morgan fingerprint density at radius 1 is 1.21 bits per heavy atom. The third kappa shape index (κ3) is 6.22. The molecule has 0 aliphatic rings. The number of carbonyl (C=O) groups is 1. The fourth-order valence-electron chi connectivity index (χ4n) is 2.62. The first-order valence-electron chi connectivity index (χ1n) is 9.22. The van der Waals surface area contributed by atoms with Crippen molar-refractivity contribution < 1.29 is 9.53 Å². The van der Waals surface area contributed by atoms with Crippen LogP contribution < -0.4 is 15.4 Å². The molecule has 0 fully saturated rings. The summed E-state index contributed by atoms with van der Waals surface area (Å²) in [5, 5.41) is 6.46. The SMILES string of the molecule is CC(C)(C)C(Cn1ccnc1)NC(=O)Nc1ccc(Oc2ccc(Cl)cn2)cc1. The lowest BCUT2D eigenvalue weighted by Gasteiger charge is -2.31. The number of hydrogen-bond acceptors (Lipinski definition) is 4. The highest BCUT2D eigenvalue weighted by molar-refractivity contribution is 6.30. The van der Waals surface area contributed by atoms with Crippen LogP contribution in [0.3, 0.4) is 0 Å². The number of nitrogens with zero attached hydrogens (tertiary/aromatic N) is 3. The molecule has 0 saturated carbocycles. The van der Waals surface area contributed by atoms with Crippen LogP contribution in [-0.4, -0.2) is 26.6 Å². The summed E-state index contributed by atoms with van der Waals surface area (Å²) in [6.07, 6.45) is 6.87. The molecule has 3 rings (SSSR count). The number of amides is 2. The van der Waals surface area contributed by atoms with Crippen molar-refractivity contribution in [1.29, 1.82) is 0 Å². The van der Waals surface area contributed by atoms with Crippen LogP contribution in [0.5, 0.6) is 11.6 Å². The third-order valence-corrected chi connectivity index (χ3v) is 4.56. The Hall–Kier alpha value is -3.06. The van der Waals surface area contributed by atoms with E-state index in [2.05, 4.69) is 41.4 Å². The molecule has 152 valence electrons. The number of anilines is 1. The smallest absolute Gasteiger partial charge is 0.319 e. The highest BCUT2D eigenvalue weighted by Gasteiger charge is 2.26. The van der Waals surface area contributed by atoms with E-state index >= 15 is 0 Å². The Morgan fingerprint density at radius 3 is 2.55 bits per heavy atom. The monoisotopic (exact) mass is 413 g/mol. The number of aromatic nitrogens is 3. The van der Waals surface area contributed by atoms with Gasteiger partial charge in [-0.25, -0.2) is 14.8 Å². The van der Waals surface area contributed by atoms with Crippen LogP contribution in [-0.2, 0) is 6.54 Å². The fourth-order valence-corrected chi connectivity index (χ4v) is 2.73. The van der Waals surface area contributed by atoms with Gasteiger partial charge >= 0.3 is 6.03 Å². The molecule has 0 aliphatic heterocycles.